The first-order valence-corrected chi connectivity index (χ1v) is 9.62. The Morgan fingerprint density at radius 2 is 1.50 bits per heavy atom. The van der Waals surface area contributed by atoms with E-state index in [1.165, 1.54) is 11.1 Å². The maximum absolute atomic E-state index is 12.1. The number of H-pyrrole nitrogens is 1. The summed E-state index contributed by atoms with van der Waals surface area (Å²) in [7, 11) is 0. The maximum atomic E-state index is 12.1. The summed E-state index contributed by atoms with van der Waals surface area (Å²) in [6.45, 7) is 0. The highest BCUT2D eigenvalue weighted by Crippen LogP contribution is 2.15. The Kier molecular flexibility index (Phi) is 5.48. The first-order valence-electron chi connectivity index (χ1n) is 9.62. The summed E-state index contributed by atoms with van der Waals surface area (Å²) in [4.78, 5) is 20.1. The number of aromatic amines is 1. The third-order valence-corrected chi connectivity index (χ3v) is 4.81. The number of nitrogens with zero attached hydrogens (tertiary/aromatic N) is 1. The highest BCUT2D eigenvalue weighted by molar-refractivity contribution is 5.90. The molecule has 3 aromatic carbocycles. The Morgan fingerprint density at radius 1 is 0.786 bits per heavy atom. The number of nitrogens with one attached hydrogen (secondary N) is 2. The van der Waals surface area contributed by atoms with Gasteiger partial charge in [-0.3, -0.25) is 4.79 Å². The summed E-state index contributed by atoms with van der Waals surface area (Å²) in [5.41, 5.74) is 5.32. The van der Waals surface area contributed by atoms with Gasteiger partial charge in [0, 0.05) is 18.5 Å². The topological polar surface area (TPSA) is 57.8 Å². The van der Waals surface area contributed by atoms with Gasteiger partial charge in [-0.2, -0.15) is 0 Å². The molecule has 1 amide bonds. The summed E-state index contributed by atoms with van der Waals surface area (Å²) in [6.07, 6.45) is 3.00. The fourth-order valence-corrected chi connectivity index (χ4v) is 3.27. The predicted octanol–water partition coefficient (Wildman–Crippen LogP) is 4.92. The molecular weight excluding hydrogens is 346 g/mol. The second-order valence-corrected chi connectivity index (χ2v) is 6.93. The minimum Gasteiger partial charge on any atom is -0.342 e. The molecule has 1 heterocycles. The Morgan fingerprint density at radius 3 is 2.29 bits per heavy atom. The lowest BCUT2D eigenvalue weighted by molar-refractivity contribution is -0.116. The lowest BCUT2D eigenvalue weighted by Crippen LogP contribution is -2.12. The van der Waals surface area contributed by atoms with Crippen molar-refractivity contribution in [3.8, 4) is 0 Å². The van der Waals surface area contributed by atoms with Crippen LogP contribution in [-0.4, -0.2) is 15.9 Å². The van der Waals surface area contributed by atoms with Gasteiger partial charge in [-0.05, 0) is 48.2 Å². The number of carbonyl (C=O) groups is 1. The molecule has 0 saturated heterocycles. The molecule has 4 aromatic rings. The molecule has 28 heavy (non-hydrogen) atoms. The van der Waals surface area contributed by atoms with Crippen LogP contribution in [-0.2, 0) is 24.1 Å². The smallest absolute Gasteiger partial charge is 0.224 e. The van der Waals surface area contributed by atoms with Crippen LogP contribution < -0.4 is 5.32 Å². The van der Waals surface area contributed by atoms with Gasteiger partial charge < -0.3 is 10.3 Å². The number of fused-ring (bicyclic) bond motifs is 1. The maximum Gasteiger partial charge on any atom is 0.224 e. The van der Waals surface area contributed by atoms with Crippen molar-refractivity contribution in [2.24, 2.45) is 0 Å². The summed E-state index contributed by atoms with van der Waals surface area (Å²) >= 11 is 0. The number of aromatic nitrogens is 2. The zero-order valence-corrected chi connectivity index (χ0v) is 15.7. The van der Waals surface area contributed by atoms with Crippen molar-refractivity contribution in [1.29, 1.82) is 0 Å². The minimum atomic E-state index is 0.0406. The second kappa shape index (κ2) is 8.53. The van der Waals surface area contributed by atoms with Crippen LogP contribution in [0.3, 0.4) is 0 Å². The van der Waals surface area contributed by atoms with Crippen molar-refractivity contribution in [2.45, 2.75) is 25.7 Å². The number of aryl methyl sites for hydroxylation is 3. The van der Waals surface area contributed by atoms with Crippen molar-refractivity contribution >= 4 is 22.6 Å². The molecule has 0 aliphatic carbocycles. The average Bonchev–Trinajstić information content (AvgIpc) is 3.16. The molecule has 0 spiro atoms. The van der Waals surface area contributed by atoms with E-state index < -0.39 is 0 Å². The van der Waals surface area contributed by atoms with E-state index in [9.17, 15) is 4.79 Å². The van der Waals surface area contributed by atoms with E-state index in [1.54, 1.807) is 0 Å². The fourth-order valence-electron chi connectivity index (χ4n) is 3.27. The van der Waals surface area contributed by atoms with Crippen LogP contribution in [0.1, 0.15) is 23.4 Å². The van der Waals surface area contributed by atoms with Crippen molar-refractivity contribution < 1.29 is 4.79 Å². The normalized spacial score (nSPS) is 10.9. The number of hydrogen-bond acceptors (Lipinski definition) is 2. The van der Waals surface area contributed by atoms with Gasteiger partial charge in [-0.25, -0.2) is 4.98 Å². The molecule has 1 aromatic heterocycles. The molecule has 0 aliphatic heterocycles. The van der Waals surface area contributed by atoms with Gasteiger partial charge in [0.2, 0.25) is 5.91 Å². The molecule has 4 rings (SSSR count). The molecule has 0 radical (unpaired) electrons. The van der Waals surface area contributed by atoms with E-state index in [2.05, 4.69) is 27.4 Å². The van der Waals surface area contributed by atoms with Crippen molar-refractivity contribution in [1.82, 2.24) is 9.97 Å². The predicted molar refractivity (Wildman–Crippen MR) is 113 cm³/mol. The molecule has 4 nitrogen and oxygen atoms in total. The van der Waals surface area contributed by atoms with E-state index in [-0.39, 0.29) is 5.91 Å². The van der Waals surface area contributed by atoms with Crippen LogP contribution in [0.15, 0.2) is 78.9 Å². The zero-order chi connectivity index (χ0) is 19.2. The largest absolute Gasteiger partial charge is 0.342 e. The molecule has 0 aliphatic rings. The quantitative estimate of drug-likeness (QED) is 0.486. The van der Waals surface area contributed by atoms with Crippen LogP contribution in [0.4, 0.5) is 5.69 Å². The van der Waals surface area contributed by atoms with Crippen LogP contribution in [0.25, 0.3) is 11.0 Å². The van der Waals surface area contributed by atoms with E-state index in [1.807, 2.05) is 66.7 Å². The summed E-state index contributed by atoms with van der Waals surface area (Å²) in [6, 6.07) is 26.2. The first-order chi connectivity index (χ1) is 13.8. The highest BCUT2D eigenvalue weighted by atomic mass is 16.1. The van der Waals surface area contributed by atoms with Gasteiger partial charge in [0.25, 0.3) is 0 Å². The molecule has 0 atom stereocenters. The Bertz CT molecular complexity index is 1020. The van der Waals surface area contributed by atoms with Crippen LogP contribution in [0.2, 0.25) is 0 Å². The molecule has 4 heteroatoms. The fraction of sp³-hybridized carbons (Fsp3) is 0.167. The first kappa shape index (κ1) is 18.0. The molecule has 0 fully saturated rings. The van der Waals surface area contributed by atoms with Crippen LogP contribution >= 0.6 is 0 Å². The zero-order valence-electron chi connectivity index (χ0n) is 15.7. The molecule has 0 unspecified atom stereocenters. The molecular formula is C24H23N3O. The number of carbonyl (C=O) groups excluding carboxylic acids is 1. The summed E-state index contributed by atoms with van der Waals surface area (Å²) in [5, 5.41) is 2.97. The van der Waals surface area contributed by atoms with Crippen molar-refractivity contribution in [3.63, 3.8) is 0 Å². The lowest BCUT2D eigenvalue weighted by Gasteiger charge is -2.07. The lowest BCUT2D eigenvalue weighted by atomic mass is 10.1. The molecule has 140 valence electrons. The average molecular weight is 369 g/mol. The van der Waals surface area contributed by atoms with E-state index in [4.69, 9.17) is 0 Å². The molecule has 2 N–H and O–H groups in total. The van der Waals surface area contributed by atoms with Gasteiger partial charge in [-0.1, -0.05) is 54.6 Å². The Hall–Kier alpha value is -3.40. The number of benzene rings is 3. The van der Waals surface area contributed by atoms with Gasteiger partial charge in [0.1, 0.15) is 5.82 Å². The van der Waals surface area contributed by atoms with Gasteiger partial charge >= 0.3 is 0 Å². The Labute approximate surface area is 164 Å². The standard InChI is InChI=1S/C24H23N3O/c28-24(17-13-18-6-2-1-3-7-18)25-20-14-10-19(11-15-20)12-16-23-26-21-8-4-5-9-22(21)27-23/h1-11,14-15H,12-13,16-17H2,(H,25,28)(H,26,27). The highest BCUT2D eigenvalue weighted by Gasteiger charge is 2.05. The molecule has 0 saturated carbocycles. The van der Waals surface area contributed by atoms with Gasteiger partial charge in [-0.15, -0.1) is 0 Å². The number of rotatable bonds is 7. The Balaban J connectivity index is 1.27. The van der Waals surface area contributed by atoms with Gasteiger partial charge in [0.05, 0.1) is 11.0 Å². The number of para-hydroxylation sites is 2. The minimum absolute atomic E-state index is 0.0406. The summed E-state index contributed by atoms with van der Waals surface area (Å²) in [5.74, 6) is 1.04. The number of imidazole rings is 1. The van der Waals surface area contributed by atoms with E-state index in [0.29, 0.717) is 6.42 Å². The van der Waals surface area contributed by atoms with Crippen LogP contribution in [0, 0.1) is 0 Å². The molecule has 0 bridgehead atoms. The van der Waals surface area contributed by atoms with Gasteiger partial charge in [0.15, 0.2) is 0 Å². The van der Waals surface area contributed by atoms with E-state index >= 15 is 0 Å². The summed E-state index contributed by atoms with van der Waals surface area (Å²) < 4.78 is 0. The number of amides is 1. The third-order valence-electron chi connectivity index (χ3n) is 4.81. The van der Waals surface area contributed by atoms with Crippen molar-refractivity contribution in [2.75, 3.05) is 5.32 Å². The second-order valence-electron chi connectivity index (χ2n) is 6.93. The van der Waals surface area contributed by atoms with Crippen molar-refractivity contribution in [3.05, 3.63) is 95.8 Å². The SMILES string of the molecule is O=C(CCc1ccccc1)Nc1ccc(CCc2nc3ccccc3[nH]2)cc1. The van der Waals surface area contributed by atoms with E-state index in [0.717, 1.165) is 41.8 Å². The van der Waals surface area contributed by atoms with Crippen LogP contribution in [0.5, 0.6) is 0 Å². The number of anilines is 1. The number of hydrogen-bond donors (Lipinski definition) is 2. The monoisotopic (exact) mass is 369 g/mol. The third kappa shape index (κ3) is 4.65.